The fourth-order valence-electron chi connectivity index (χ4n) is 3.77. The van der Waals surface area contributed by atoms with Crippen LogP contribution < -0.4 is 10.6 Å². The van der Waals surface area contributed by atoms with Gasteiger partial charge in [0.15, 0.2) is 5.76 Å². The zero-order valence-corrected chi connectivity index (χ0v) is 18.2. The summed E-state index contributed by atoms with van der Waals surface area (Å²) in [4.78, 5) is 25.4. The van der Waals surface area contributed by atoms with Gasteiger partial charge in [-0.1, -0.05) is 48.5 Å². The first kappa shape index (κ1) is 20.4. The van der Waals surface area contributed by atoms with Crippen molar-refractivity contribution in [1.82, 2.24) is 15.1 Å². The Balaban J connectivity index is 1.28. The van der Waals surface area contributed by atoms with Gasteiger partial charge in [-0.25, -0.2) is 4.68 Å². The molecule has 4 aromatic rings. The van der Waals surface area contributed by atoms with Crippen LogP contribution in [0, 0.1) is 0 Å². The SMILES string of the molecule is O=C(Cn1nc2c(c1NC(=O)c1cc3ccccc3o1)CSC2)NCCc1ccccc1. The van der Waals surface area contributed by atoms with Gasteiger partial charge in [-0.3, -0.25) is 9.59 Å². The predicted molar refractivity (Wildman–Crippen MR) is 125 cm³/mol. The lowest BCUT2D eigenvalue weighted by molar-refractivity contribution is -0.121. The molecular formula is C24H22N4O3S. The number of rotatable bonds is 7. The summed E-state index contributed by atoms with van der Waals surface area (Å²) in [7, 11) is 0. The third-order valence-corrected chi connectivity index (χ3v) is 6.34. The van der Waals surface area contributed by atoms with E-state index in [0.717, 1.165) is 34.6 Å². The highest BCUT2D eigenvalue weighted by molar-refractivity contribution is 7.98. The lowest BCUT2D eigenvalue weighted by Gasteiger charge is -2.11. The van der Waals surface area contributed by atoms with E-state index in [9.17, 15) is 9.59 Å². The first-order valence-electron chi connectivity index (χ1n) is 10.4. The van der Waals surface area contributed by atoms with E-state index in [0.29, 0.717) is 17.9 Å². The number of benzene rings is 2. The fourth-order valence-corrected chi connectivity index (χ4v) is 4.80. The Morgan fingerprint density at radius 1 is 1.06 bits per heavy atom. The number of aromatic nitrogens is 2. The van der Waals surface area contributed by atoms with E-state index in [1.807, 2.05) is 54.6 Å². The number of nitrogens with one attached hydrogen (secondary N) is 2. The molecule has 2 amide bonds. The molecule has 0 saturated carbocycles. The van der Waals surface area contributed by atoms with Crippen LogP contribution in [-0.4, -0.2) is 28.1 Å². The normalized spacial score (nSPS) is 12.6. The van der Waals surface area contributed by atoms with Crippen LogP contribution in [0.15, 0.2) is 65.1 Å². The molecule has 0 atom stereocenters. The van der Waals surface area contributed by atoms with Crippen molar-refractivity contribution < 1.29 is 14.0 Å². The van der Waals surface area contributed by atoms with Crippen molar-refractivity contribution in [3.8, 4) is 0 Å². The number of carbonyl (C=O) groups is 2. The van der Waals surface area contributed by atoms with E-state index in [4.69, 9.17) is 4.42 Å². The standard InChI is InChI=1S/C24H22N4O3S/c29-22(25-11-10-16-6-2-1-3-7-16)13-28-23(18-14-32-15-19(18)27-28)26-24(30)21-12-17-8-4-5-9-20(17)31-21/h1-9,12H,10-11,13-15H2,(H,25,29)(H,26,30). The lowest BCUT2D eigenvalue weighted by atomic mass is 10.1. The molecule has 2 aromatic heterocycles. The first-order valence-corrected chi connectivity index (χ1v) is 11.6. The maximum Gasteiger partial charge on any atom is 0.292 e. The number of anilines is 1. The number of nitrogens with zero attached hydrogens (tertiary/aromatic N) is 2. The van der Waals surface area contributed by atoms with Gasteiger partial charge < -0.3 is 15.1 Å². The zero-order valence-electron chi connectivity index (χ0n) is 17.3. The van der Waals surface area contributed by atoms with Crippen molar-refractivity contribution in [2.24, 2.45) is 0 Å². The smallest absolute Gasteiger partial charge is 0.292 e. The molecule has 7 nitrogen and oxygen atoms in total. The van der Waals surface area contributed by atoms with E-state index in [2.05, 4.69) is 15.7 Å². The molecule has 2 aromatic carbocycles. The Hall–Kier alpha value is -3.52. The molecule has 0 radical (unpaired) electrons. The minimum atomic E-state index is -0.355. The molecule has 1 aliphatic rings. The monoisotopic (exact) mass is 446 g/mol. The molecule has 8 heteroatoms. The summed E-state index contributed by atoms with van der Waals surface area (Å²) in [5, 5.41) is 11.3. The van der Waals surface area contributed by atoms with Crippen LogP contribution in [0.3, 0.4) is 0 Å². The molecule has 2 N–H and O–H groups in total. The number of para-hydroxylation sites is 1. The number of hydrogen-bond acceptors (Lipinski definition) is 5. The average Bonchev–Trinajstić information content (AvgIpc) is 3.50. The lowest BCUT2D eigenvalue weighted by Crippen LogP contribution is -2.30. The number of carbonyl (C=O) groups excluding carboxylic acids is 2. The van der Waals surface area contributed by atoms with Gasteiger partial charge in [-0.2, -0.15) is 16.9 Å². The zero-order chi connectivity index (χ0) is 21.9. The summed E-state index contributed by atoms with van der Waals surface area (Å²) in [6.07, 6.45) is 0.758. The number of hydrogen-bond donors (Lipinski definition) is 2. The second-order valence-electron chi connectivity index (χ2n) is 7.61. The minimum absolute atomic E-state index is 0.0438. The minimum Gasteiger partial charge on any atom is -0.451 e. The van der Waals surface area contributed by atoms with Crippen molar-refractivity contribution in [2.45, 2.75) is 24.5 Å². The van der Waals surface area contributed by atoms with E-state index in [1.54, 1.807) is 22.5 Å². The topological polar surface area (TPSA) is 89.2 Å². The molecule has 0 unspecified atom stereocenters. The van der Waals surface area contributed by atoms with Gasteiger partial charge in [-0.15, -0.1) is 0 Å². The average molecular weight is 447 g/mol. The summed E-state index contributed by atoms with van der Waals surface area (Å²) < 4.78 is 7.27. The molecular weight excluding hydrogens is 424 g/mol. The summed E-state index contributed by atoms with van der Waals surface area (Å²) in [5.41, 5.74) is 3.70. The van der Waals surface area contributed by atoms with Crippen LogP contribution >= 0.6 is 11.8 Å². The Morgan fingerprint density at radius 2 is 1.88 bits per heavy atom. The molecule has 1 aliphatic heterocycles. The summed E-state index contributed by atoms with van der Waals surface area (Å²) in [5.74, 6) is 1.81. The van der Waals surface area contributed by atoms with Crippen LogP contribution in [0.5, 0.6) is 0 Å². The highest BCUT2D eigenvalue weighted by Crippen LogP contribution is 2.35. The maximum atomic E-state index is 12.9. The summed E-state index contributed by atoms with van der Waals surface area (Å²) in [6.45, 7) is 0.586. The van der Waals surface area contributed by atoms with E-state index in [1.165, 1.54) is 5.56 Å². The molecule has 162 valence electrons. The van der Waals surface area contributed by atoms with Crippen molar-refractivity contribution in [1.29, 1.82) is 0 Å². The van der Waals surface area contributed by atoms with Crippen molar-refractivity contribution in [3.05, 3.63) is 83.2 Å². The quantitative estimate of drug-likeness (QED) is 0.448. The molecule has 0 saturated heterocycles. The molecule has 0 aliphatic carbocycles. The van der Waals surface area contributed by atoms with Crippen molar-refractivity contribution in [2.75, 3.05) is 11.9 Å². The highest BCUT2D eigenvalue weighted by atomic mass is 32.2. The van der Waals surface area contributed by atoms with Crippen LogP contribution in [0.25, 0.3) is 11.0 Å². The Kier molecular flexibility index (Phi) is 5.68. The van der Waals surface area contributed by atoms with E-state index >= 15 is 0 Å². The molecule has 5 rings (SSSR count). The third-order valence-electron chi connectivity index (χ3n) is 5.37. The number of thioether (sulfide) groups is 1. The third kappa shape index (κ3) is 4.27. The van der Waals surface area contributed by atoms with Gasteiger partial charge in [0.2, 0.25) is 5.91 Å². The molecule has 3 heterocycles. The van der Waals surface area contributed by atoms with Gasteiger partial charge in [0, 0.05) is 29.0 Å². The Morgan fingerprint density at radius 3 is 2.72 bits per heavy atom. The summed E-state index contributed by atoms with van der Waals surface area (Å²) in [6, 6.07) is 19.2. The Labute approximate surface area is 189 Å². The second-order valence-corrected chi connectivity index (χ2v) is 8.60. The van der Waals surface area contributed by atoms with Crippen LogP contribution in [0.4, 0.5) is 5.82 Å². The predicted octanol–water partition coefficient (Wildman–Crippen LogP) is 3.99. The molecule has 0 fully saturated rings. The van der Waals surface area contributed by atoms with Gasteiger partial charge in [-0.05, 0) is 24.1 Å². The number of amides is 2. The highest BCUT2D eigenvalue weighted by Gasteiger charge is 2.26. The van der Waals surface area contributed by atoms with Gasteiger partial charge in [0.1, 0.15) is 17.9 Å². The van der Waals surface area contributed by atoms with Crippen LogP contribution in [0.2, 0.25) is 0 Å². The van der Waals surface area contributed by atoms with E-state index < -0.39 is 0 Å². The van der Waals surface area contributed by atoms with Gasteiger partial charge in [0.25, 0.3) is 5.91 Å². The maximum absolute atomic E-state index is 12.9. The van der Waals surface area contributed by atoms with Crippen LogP contribution in [-0.2, 0) is 29.3 Å². The van der Waals surface area contributed by atoms with Crippen molar-refractivity contribution in [3.63, 3.8) is 0 Å². The molecule has 32 heavy (non-hydrogen) atoms. The Bertz CT molecular complexity index is 1250. The molecule has 0 bridgehead atoms. The fraction of sp³-hybridized carbons (Fsp3) is 0.208. The molecule has 0 spiro atoms. The largest absolute Gasteiger partial charge is 0.451 e. The van der Waals surface area contributed by atoms with Gasteiger partial charge >= 0.3 is 0 Å². The second kappa shape index (κ2) is 8.92. The van der Waals surface area contributed by atoms with Gasteiger partial charge in [0.05, 0.1) is 5.69 Å². The number of fused-ring (bicyclic) bond motifs is 2. The van der Waals surface area contributed by atoms with E-state index in [-0.39, 0.29) is 24.1 Å². The number of furan rings is 1. The summed E-state index contributed by atoms with van der Waals surface area (Å²) >= 11 is 1.74. The van der Waals surface area contributed by atoms with Crippen LogP contribution in [0.1, 0.15) is 27.4 Å². The van der Waals surface area contributed by atoms with Crippen molar-refractivity contribution >= 4 is 40.4 Å². The first-order chi connectivity index (χ1) is 15.7.